The number of benzene rings is 3. The number of rotatable bonds is 10. The summed E-state index contributed by atoms with van der Waals surface area (Å²) in [4.78, 5) is 33.1. The van der Waals surface area contributed by atoms with Crippen molar-refractivity contribution in [2.75, 3.05) is 50.3 Å². The zero-order chi connectivity index (χ0) is 31.3. The predicted octanol–water partition coefficient (Wildman–Crippen LogP) is 3.90. The second-order valence-electron chi connectivity index (χ2n) is 11.0. The third kappa shape index (κ3) is 7.02. The Bertz CT molecular complexity index is 1640. The van der Waals surface area contributed by atoms with Crippen LogP contribution in [0.4, 0.5) is 11.4 Å². The van der Waals surface area contributed by atoms with Crippen molar-refractivity contribution in [3.63, 3.8) is 0 Å². The highest BCUT2D eigenvalue weighted by molar-refractivity contribution is 6.30. The van der Waals surface area contributed by atoms with E-state index in [1.807, 2.05) is 43.3 Å². The molecule has 1 aromatic heterocycles. The summed E-state index contributed by atoms with van der Waals surface area (Å²) in [6.45, 7) is 1.53. The van der Waals surface area contributed by atoms with Crippen molar-refractivity contribution < 1.29 is 23.8 Å². The van der Waals surface area contributed by atoms with Crippen molar-refractivity contribution >= 4 is 34.8 Å². The van der Waals surface area contributed by atoms with Crippen molar-refractivity contribution in [2.45, 2.75) is 31.5 Å². The first kappa shape index (κ1) is 30.4. The van der Waals surface area contributed by atoms with Crippen LogP contribution in [0, 0.1) is 0 Å². The molecule has 3 heterocycles. The van der Waals surface area contributed by atoms with Gasteiger partial charge in [-0.15, -0.1) is 10.2 Å². The van der Waals surface area contributed by atoms with Crippen LogP contribution in [0.3, 0.4) is 0 Å². The molecule has 4 aromatic rings. The molecule has 234 valence electrons. The first-order valence-electron chi connectivity index (χ1n) is 14.8. The second-order valence-corrected chi connectivity index (χ2v) is 11.4. The molecule has 2 amide bonds. The first-order valence-corrected chi connectivity index (χ1v) is 15.2. The fourth-order valence-electron chi connectivity index (χ4n) is 5.33. The fraction of sp³-hybridized carbons (Fsp3) is 0.344. The van der Waals surface area contributed by atoms with Gasteiger partial charge in [-0.25, -0.2) is 0 Å². The number of aromatic nitrogens is 4. The number of halogens is 1. The van der Waals surface area contributed by atoms with Gasteiger partial charge in [0.2, 0.25) is 11.7 Å². The molecule has 0 bridgehead atoms. The molecule has 1 N–H and O–H groups in total. The second kappa shape index (κ2) is 13.5. The van der Waals surface area contributed by atoms with E-state index >= 15 is 0 Å². The molecular weight excluding hydrogens is 598 g/mol. The molecule has 1 saturated heterocycles. The summed E-state index contributed by atoms with van der Waals surface area (Å²) >= 11 is 6.03. The highest BCUT2D eigenvalue weighted by Crippen LogP contribution is 2.37. The van der Waals surface area contributed by atoms with E-state index in [0.29, 0.717) is 65.5 Å². The summed E-state index contributed by atoms with van der Waals surface area (Å²) in [5.41, 5.74) is 2.74. The van der Waals surface area contributed by atoms with E-state index in [1.165, 1.54) is 9.70 Å². The molecule has 1 fully saturated rings. The number of ether oxygens (including phenoxy) is 3. The molecule has 0 aliphatic carbocycles. The van der Waals surface area contributed by atoms with Crippen LogP contribution in [0.5, 0.6) is 11.5 Å². The summed E-state index contributed by atoms with van der Waals surface area (Å²) in [6.07, 6.45) is 1.73. The highest BCUT2D eigenvalue weighted by Gasteiger charge is 2.35. The molecule has 6 rings (SSSR count). The lowest BCUT2D eigenvalue weighted by Gasteiger charge is -2.32. The summed E-state index contributed by atoms with van der Waals surface area (Å²) in [7, 11) is 3.88. The summed E-state index contributed by atoms with van der Waals surface area (Å²) < 4.78 is 17.3. The summed E-state index contributed by atoms with van der Waals surface area (Å²) in [5, 5.41) is 16.3. The van der Waals surface area contributed by atoms with Gasteiger partial charge in [-0.3, -0.25) is 14.5 Å². The maximum atomic E-state index is 14.3. The molecule has 0 unspecified atom stereocenters. The van der Waals surface area contributed by atoms with E-state index in [2.05, 4.69) is 20.7 Å². The number of amides is 2. The number of carbonyl (C=O) groups is 2. The van der Waals surface area contributed by atoms with Crippen LogP contribution in [0.1, 0.15) is 24.4 Å². The molecule has 2 aliphatic rings. The number of tetrazole rings is 1. The third-order valence-electron chi connectivity index (χ3n) is 7.66. The molecule has 3 aromatic carbocycles. The predicted molar refractivity (Wildman–Crippen MR) is 169 cm³/mol. The third-order valence-corrected chi connectivity index (χ3v) is 7.92. The van der Waals surface area contributed by atoms with Crippen molar-refractivity contribution in [1.29, 1.82) is 0 Å². The Balaban J connectivity index is 1.37. The number of nitrogens with zero attached hydrogens (tertiary/aromatic N) is 6. The average Bonchev–Trinajstić information content (AvgIpc) is 3.75. The lowest BCUT2D eigenvalue weighted by molar-refractivity contribution is -0.127. The van der Waals surface area contributed by atoms with Gasteiger partial charge in [-0.2, -0.15) is 4.80 Å². The average molecular weight is 632 g/mol. The number of carbonyl (C=O) groups excluding carboxylic acids is 2. The van der Waals surface area contributed by atoms with Gasteiger partial charge in [0, 0.05) is 55.3 Å². The van der Waals surface area contributed by atoms with Gasteiger partial charge in [0.15, 0.2) is 11.5 Å². The van der Waals surface area contributed by atoms with Crippen molar-refractivity contribution in [1.82, 2.24) is 25.5 Å². The zero-order valence-electron chi connectivity index (χ0n) is 25.1. The molecule has 2 aliphatic heterocycles. The van der Waals surface area contributed by atoms with Crippen LogP contribution in [0.25, 0.3) is 11.4 Å². The standard InChI is InChI=1S/C32H34ClN7O5/c1-38(2)24-11-7-21(8-12-24)30(32(42)34-19-26-4-3-15-43-26)40(25-13-14-27-28(18-25)45-17-16-44-27)29(41)20-39-36-31(35-37-39)22-5-9-23(33)10-6-22/h5-14,18,26,30H,3-4,15-17,19-20H2,1-2H3,(H,34,42)/t26-,30+/m1/s1. The van der Waals surface area contributed by atoms with Crippen LogP contribution < -0.4 is 24.6 Å². The Morgan fingerprint density at radius 3 is 2.42 bits per heavy atom. The van der Waals surface area contributed by atoms with Crippen LogP contribution in [-0.2, 0) is 20.9 Å². The monoisotopic (exact) mass is 631 g/mol. The minimum absolute atomic E-state index is 0.0743. The van der Waals surface area contributed by atoms with Crippen LogP contribution in [0.2, 0.25) is 5.02 Å². The molecule has 12 nitrogen and oxygen atoms in total. The Morgan fingerprint density at radius 2 is 1.71 bits per heavy atom. The molecule has 0 spiro atoms. The Hall–Kier alpha value is -4.68. The molecule has 2 atom stereocenters. The molecule has 13 heteroatoms. The van der Waals surface area contributed by atoms with Gasteiger partial charge in [-0.1, -0.05) is 23.7 Å². The lowest BCUT2D eigenvalue weighted by atomic mass is 10.0. The summed E-state index contributed by atoms with van der Waals surface area (Å²) in [6, 6.07) is 18.7. The first-order chi connectivity index (χ1) is 21.9. The maximum Gasteiger partial charge on any atom is 0.251 e. The number of anilines is 2. The fourth-order valence-corrected chi connectivity index (χ4v) is 5.46. The Kier molecular flexibility index (Phi) is 9.13. The van der Waals surface area contributed by atoms with E-state index in [9.17, 15) is 9.59 Å². The number of hydrogen-bond acceptors (Lipinski definition) is 9. The smallest absolute Gasteiger partial charge is 0.251 e. The molecule has 0 saturated carbocycles. The van der Waals surface area contributed by atoms with E-state index in [-0.39, 0.29) is 18.6 Å². The quantitative estimate of drug-likeness (QED) is 0.277. The number of hydrogen-bond donors (Lipinski definition) is 1. The van der Waals surface area contributed by atoms with Crippen LogP contribution in [-0.4, -0.2) is 78.6 Å². The van der Waals surface area contributed by atoms with Gasteiger partial charge in [-0.05, 0) is 72.1 Å². The van der Waals surface area contributed by atoms with Gasteiger partial charge in [0.1, 0.15) is 25.8 Å². The van der Waals surface area contributed by atoms with Gasteiger partial charge in [0.05, 0.1) is 6.10 Å². The minimum Gasteiger partial charge on any atom is -0.486 e. The van der Waals surface area contributed by atoms with Crippen molar-refractivity contribution in [2.24, 2.45) is 0 Å². The van der Waals surface area contributed by atoms with Gasteiger partial charge >= 0.3 is 0 Å². The lowest BCUT2D eigenvalue weighted by Crippen LogP contribution is -2.46. The molecule has 0 radical (unpaired) electrons. The van der Waals surface area contributed by atoms with Crippen molar-refractivity contribution in [3.8, 4) is 22.9 Å². The number of fused-ring (bicyclic) bond motifs is 1. The van der Waals surface area contributed by atoms with E-state index in [0.717, 1.165) is 18.5 Å². The zero-order valence-corrected chi connectivity index (χ0v) is 25.8. The van der Waals surface area contributed by atoms with E-state index in [4.69, 9.17) is 25.8 Å². The largest absolute Gasteiger partial charge is 0.486 e. The van der Waals surface area contributed by atoms with Crippen molar-refractivity contribution in [3.05, 3.63) is 77.3 Å². The van der Waals surface area contributed by atoms with Gasteiger partial charge < -0.3 is 24.4 Å². The van der Waals surface area contributed by atoms with Gasteiger partial charge in [0.25, 0.3) is 5.91 Å². The van der Waals surface area contributed by atoms with E-state index in [1.54, 1.807) is 42.5 Å². The van der Waals surface area contributed by atoms with Crippen LogP contribution in [0.15, 0.2) is 66.7 Å². The Morgan fingerprint density at radius 1 is 0.978 bits per heavy atom. The summed E-state index contributed by atoms with van der Waals surface area (Å²) in [5.74, 6) is 0.621. The molecular formula is C32H34ClN7O5. The SMILES string of the molecule is CN(C)c1ccc([C@@H](C(=O)NC[C@H]2CCCO2)N(C(=O)Cn2nnc(-c3ccc(Cl)cc3)n2)c2ccc3c(c2)OCCO3)cc1. The maximum absolute atomic E-state index is 14.3. The minimum atomic E-state index is -1.03. The van der Waals surface area contributed by atoms with Crippen LogP contribution >= 0.6 is 11.6 Å². The molecule has 45 heavy (non-hydrogen) atoms. The normalized spacial score (nSPS) is 16.2. The Labute approximate surface area is 265 Å². The topological polar surface area (TPSA) is 124 Å². The highest BCUT2D eigenvalue weighted by atomic mass is 35.5. The number of nitrogens with one attached hydrogen (secondary N) is 1. The van der Waals surface area contributed by atoms with E-state index < -0.39 is 11.9 Å².